The number of amides is 1. The maximum atomic E-state index is 12.1. The van der Waals surface area contributed by atoms with Gasteiger partial charge in [0.05, 0.1) is 5.75 Å². The summed E-state index contributed by atoms with van der Waals surface area (Å²) in [6, 6.07) is 7.62. The second-order valence-electron chi connectivity index (χ2n) is 4.56. The molecule has 0 N–H and O–H groups in total. The number of carbonyl (C=O) groups is 1. The van der Waals surface area contributed by atoms with Gasteiger partial charge in [-0.1, -0.05) is 18.5 Å². The first-order valence-corrected chi connectivity index (χ1v) is 7.94. The second-order valence-corrected chi connectivity index (χ2v) is 6.04. The Morgan fingerprint density at radius 1 is 1.21 bits per heavy atom. The number of likely N-dealkylation sites (N-methyl/N-ethyl adjacent to an activating group) is 1. The summed E-state index contributed by atoms with van der Waals surface area (Å²) in [5, 5.41) is 0.728. The summed E-state index contributed by atoms with van der Waals surface area (Å²) < 4.78 is 0. The van der Waals surface area contributed by atoms with E-state index in [4.69, 9.17) is 11.6 Å². The highest BCUT2D eigenvalue weighted by atomic mass is 35.5. The van der Waals surface area contributed by atoms with Crippen molar-refractivity contribution >= 4 is 29.3 Å². The van der Waals surface area contributed by atoms with Crippen molar-refractivity contribution in [2.24, 2.45) is 0 Å². The lowest BCUT2D eigenvalue weighted by Gasteiger charge is -2.34. The lowest BCUT2D eigenvalue weighted by molar-refractivity contribution is -0.130. The molecule has 0 atom stereocenters. The van der Waals surface area contributed by atoms with Gasteiger partial charge in [0.25, 0.3) is 0 Å². The topological polar surface area (TPSA) is 23.6 Å². The Morgan fingerprint density at radius 2 is 1.84 bits per heavy atom. The fourth-order valence-corrected chi connectivity index (χ4v) is 3.01. The van der Waals surface area contributed by atoms with E-state index in [0.29, 0.717) is 5.75 Å². The molecule has 1 aromatic rings. The largest absolute Gasteiger partial charge is 0.339 e. The minimum atomic E-state index is 0.232. The third-order valence-corrected chi connectivity index (χ3v) is 4.60. The molecule has 5 heteroatoms. The third kappa shape index (κ3) is 4.41. The average molecular weight is 299 g/mol. The van der Waals surface area contributed by atoms with Gasteiger partial charge >= 0.3 is 0 Å². The third-order valence-electron chi connectivity index (χ3n) is 3.35. The number of carbonyl (C=O) groups excluding carboxylic acids is 1. The number of hydrogen-bond acceptors (Lipinski definition) is 3. The van der Waals surface area contributed by atoms with E-state index in [9.17, 15) is 4.79 Å². The van der Waals surface area contributed by atoms with E-state index in [-0.39, 0.29) is 5.91 Å². The van der Waals surface area contributed by atoms with Crippen LogP contribution in [0.2, 0.25) is 5.02 Å². The van der Waals surface area contributed by atoms with Crippen LogP contribution >= 0.6 is 23.4 Å². The zero-order valence-corrected chi connectivity index (χ0v) is 12.7. The molecule has 1 fully saturated rings. The van der Waals surface area contributed by atoms with Crippen molar-refractivity contribution in [3.05, 3.63) is 29.3 Å². The molecule has 0 saturated carbocycles. The van der Waals surface area contributed by atoms with Crippen LogP contribution in [-0.2, 0) is 4.79 Å². The van der Waals surface area contributed by atoms with E-state index in [1.807, 2.05) is 29.2 Å². The molecule has 0 aromatic heterocycles. The molecule has 1 saturated heterocycles. The average Bonchev–Trinajstić information content (AvgIpc) is 2.46. The van der Waals surface area contributed by atoms with Crippen LogP contribution in [0.1, 0.15) is 6.92 Å². The van der Waals surface area contributed by atoms with E-state index in [2.05, 4.69) is 11.8 Å². The summed E-state index contributed by atoms with van der Waals surface area (Å²) in [6.07, 6.45) is 0. The molecule has 0 unspecified atom stereocenters. The van der Waals surface area contributed by atoms with Gasteiger partial charge in [0, 0.05) is 36.1 Å². The fraction of sp³-hybridized carbons (Fsp3) is 0.500. The maximum absolute atomic E-state index is 12.1. The van der Waals surface area contributed by atoms with E-state index in [1.165, 1.54) is 0 Å². The number of hydrogen-bond donors (Lipinski definition) is 0. The lowest BCUT2D eigenvalue weighted by atomic mass is 10.3. The van der Waals surface area contributed by atoms with Crippen LogP contribution in [0, 0.1) is 0 Å². The number of halogens is 1. The Bertz CT molecular complexity index is 416. The molecule has 1 aliphatic heterocycles. The molecule has 1 aliphatic rings. The lowest BCUT2D eigenvalue weighted by Crippen LogP contribution is -2.49. The highest BCUT2D eigenvalue weighted by Gasteiger charge is 2.19. The van der Waals surface area contributed by atoms with Gasteiger partial charge < -0.3 is 9.80 Å². The van der Waals surface area contributed by atoms with Gasteiger partial charge in [-0.2, -0.15) is 0 Å². The Balaban J connectivity index is 1.77. The minimum absolute atomic E-state index is 0.232. The predicted molar refractivity (Wildman–Crippen MR) is 80.9 cm³/mol. The monoisotopic (exact) mass is 298 g/mol. The molecular weight excluding hydrogens is 280 g/mol. The van der Waals surface area contributed by atoms with Gasteiger partial charge in [0.2, 0.25) is 5.91 Å². The molecular formula is C14H19ClN2OS. The first kappa shape index (κ1) is 14.7. The van der Waals surface area contributed by atoms with Crippen molar-refractivity contribution in [3.8, 4) is 0 Å². The Morgan fingerprint density at radius 3 is 2.42 bits per heavy atom. The predicted octanol–water partition coefficient (Wildman–Crippen LogP) is 2.60. The SMILES string of the molecule is CCN1CCN(C(=O)CSc2ccc(Cl)cc2)CC1. The number of rotatable bonds is 4. The number of piperazine rings is 1. The zero-order valence-electron chi connectivity index (χ0n) is 11.1. The van der Waals surface area contributed by atoms with Gasteiger partial charge in [-0.15, -0.1) is 11.8 Å². The molecule has 0 bridgehead atoms. The van der Waals surface area contributed by atoms with E-state index in [0.717, 1.165) is 42.6 Å². The van der Waals surface area contributed by atoms with Gasteiger partial charge in [-0.05, 0) is 30.8 Å². The van der Waals surface area contributed by atoms with Crippen LogP contribution in [0.5, 0.6) is 0 Å². The highest BCUT2D eigenvalue weighted by molar-refractivity contribution is 8.00. The number of benzene rings is 1. The van der Waals surface area contributed by atoms with Crippen molar-refractivity contribution < 1.29 is 4.79 Å². The van der Waals surface area contributed by atoms with Gasteiger partial charge in [0.15, 0.2) is 0 Å². The molecule has 104 valence electrons. The van der Waals surface area contributed by atoms with Crippen LogP contribution in [0.15, 0.2) is 29.2 Å². The highest BCUT2D eigenvalue weighted by Crippen LogP contribution is 2.20. The van der Waals surface area contributed by atoms with Crippen LogP contribution in [-0.4, -0.2) is 54.2 Å². The van der Waals surface area contributed by atoms with E-state index >= 15 is 0 Å². The standard InChI is InChI=1S/C14H19ClN2OS/c1-2-16-7-9-17(10-8-16)14(18)11-19-13-5-3-12(15)4-6-13/h3-6H,2,7-11H2,1H3. The van der Waals surface area contributed by atoms with Crippen LogP contribution in [0.3, 0.4) is 0 Å². The molecule has 0 spiro atoms. The summed E-state index contributed by atoms with van der Waals surface area (Å²) >= 11 is 7.41. The summed E-state index contributed by atoms with van der Waals surface area (Å²) in [5.74, 6) is 0.740. The molecule has 1 heterocycles. The summed E-state index contributed by atoms with van der Waals surface area (Å²) in [4.78, 5) is 17.5. The Kier molecular flexibility index (Phi) is 5.55. The van der Waals surface area contributed by atoms with Crippen molar-refractivity contribution in [3.63, 3.8) is 0 Å². The van der Waals surface area contributed by atoms with Crippen LogP contribution in [0.25, 0.3) is 0 Å². The number of nitrogens with zero attached hydrogens (tertiary/aromatic N) is 2. The van der Waals surface area contributed by atoms with Crippen molar-refractivity contribution in [2.75, 3.05) is 38.5 Å². The van der Waals surface area contributed by atoms with Crippen LogP contribution < -0.4 is 0 Å². The van der Waals surface area contributed by atoms with Crippen molar-refractivity contribution in [2.45, 2.75) is 11.8 Å². The van der Waals surface area contributed by atoms with Gasteiger partial charge in [-0.25, -0.2) is 0 Å². The minimum Gasteiger partial charge on any atom is -0.339 e. The van der Waals surface area contributed by atoms with Gasteiger partial charge in [-0.3, -0.25) is 4.79 Å². The smallest absolute Gasteiger partial charge is 0.233 e. The van der Waals surface area contributed by atoms with E-state index < -0.39 is 0 Å². The first-order valence-electron chi connectivity index (χ1n) is 6.57. The molecule has 3 nitrogen and oxygen atoms in total. The molecule has 0 radical (unpaired) electrons. The fourth-order valence-electron chi connectivity index (χ4n) is 2.08. The zero-order chi connectivity index (χ0) is 13.7. The van der Waals surface area contributed by atoms with Crippen molar-refractivity contribution in [1.29, 1.82) is 0 Å². The molecule has 19 heavy (non-hydrogen) atoms. The van der Waals surface area contributed by atoms with Crippen molar-refractivity contribution in [1.82, 2.24) is 9.80 Å². The first-order chi connectivity index (χ1) is 9.19. The number of thioether (sulfide) groups is 1. The van der Waals surface area contributed by atoms with Crippen LogP contribution in [0.4, 0.5) is 0 Å². The molecule has 1 aromatic carbocycles. The second kappa shape index (κ2) is 7.17. The summed E-state index contributed by atoms with van der Waals surface area (Å²) in [7, 11) is 0. The summed E-state index contributed by atoms with van der Waals surface area (Å²) in [5.41, 5.74) is 0. The normalized spacial score (nSPS) is 16.6. The molecule has 1 amide bonds. The maximum Gasteiger partial charge on any atom is 0.233 e. The van der Waals surface area contributed by atoms with E-state index in [1.54, 1.807) is 11.8 Å². The quantitative estimate of drug-likeness (QED) is 0.798. The Hall–Kier alpha value is -0.710. The summed E-state index contributed by atoms with van der Waals surface area (Å²) in [6.45, 7) is 6.93. The van der Waals surface area contributed by atoms with Gasteiger partial charge in [0.1, 0.15) is 0 Å². The Labute approximate surface area is 123 Å². The molecule has 0 aliphatic carbocycles. The molecule has 2 rings (SSSR count).